The molecule has 1 amide bonds. The van der Waals surface area contributed by atoms with Gasteiger partial charge in [0.2, 0.25) is 5.91 Å². The van der Waals surface area contributed by atoms with Gasteiger partial charge < -0.3 is 14.8 Å². The fraction of sp³-hybridized carbons (Fsp3) is 0.219. The van der Waals surface area contributed by atoms with E-state index in [1.165, 1.54) is 5.56 Å². The topological polar surface area (TPSA) is 47.6 Å². The second-order valence-corrected chi connectivity index (χ2v) is 9.27. The molecule has 182 valence electrons. The number of nitrogens with one attached hydrogen (secondary N) is 1. The van der Waals surface area contributed by atoms with Gasteiger partial charge in [-0.05, 0) is 64.9 Å². The average molecular weight is 478 g/mol. The van der Waals surface area contributed by atoms with Gasteiger partial charge in [-0.25, -0.2) is 0 Å². The first-order valence-electron chi connectivity index (χ1n) is 12.6. The molecule has 0 saturated heterocycles. The Kier molecular flexibility index (Phi) is 7.03. The number of carbonyl (C=O) groups excluding carboxylic acids is 1. The normalized spacial score (nSPS) is 12.2. The maximum atomic E-state index is 12.4. The Morgan fingerprint density at radius 1 is 0.750 bits per heavy atom. The summed E-state index contributed by atoms with van der Waals surface area (Å²) >= 11 is 0. The Labute approximate surface area is 212 Å². The van der Waals surface area contributed by atoms with Gasteiger partial charge >= 0.3 is 0 Å². The van der Waals surface area contributed by atoms with E-state index in [0.717, 1.165) is 63.4 Å². The number of rotatable bonds is 9. The summed E-state index contributed by atoms with van der Waals surface area (Å²) in [5, 5.41) is 3.00. The zero-order chi connectivity index (χ0) is 24.9. The summed E-state index contributed by atoms with van der Waals surface area (Å²) in [6, 6.07) is 28.7. The van der Waals surface area contributed by atoms with Crippen LogP contribution < -0.4 is 14.8 Å². The Bertz CT molecular complexity index is 1300. The van der Waals surface area contributed by atoms with Gasteiger partial charge in [-0.2, -0.15) is 0 Å². The molecular weight excluding hydrogens is 446 g/mol. The zero-order valence-electron chi connectivity index (χ0n) is 20.8. The quantitative estimate of drug-likeness (QED) is 0.276. The Morgan fingerprint density at radius 3 is 1.89 bits per heavy atom. The molecule has 0 unspecified atom stereocenters. The van der Waals surface area contributed by atoms with Gasteiger partial charge in [-0.3, -0.25) is 4.79 Å². The number of fused-ring (bicyclic) bond motifs is 1. The van der Waals surface area contributed by atoms with Gasteiger partial charge in [0, 0.05) is 5.69 Å². The largest absolute Gasteiger partial charge is 0.488 e. The van der Waals surface area contributed by atoms with E-state index in [1.54, 1.807) is 0 Å². The van der Waals surface area contributed by atoms with Gasteiger partial charge in [-0.15, -0.1) is 0 Å². The summed E-state index contributed by atoms with van der Waals surface area (Å²) in [7, 11) is 0. The van der Waals surface area contributed by atoms with Gasteiger partial charge in [-0.1, -0.05) is 80.1 Å². The molecule has 1 aliphatic heterocycles. The molecule has 4 heteroatoms. The summed E-state index contributed by atoms with van der Waals surface area (Å²) in [5.41, 5.74) is 8.24. The van der Waals surface area contributed by atoms with E-state index in [0.29, 0.717) is 19.6 Å². The van der Waals surface area contributed by atoms with Crippen molar-refractivity contribution in [3.63, 3.8) is 0 Å². The van der Waals surface area contributed by atoms with Gasteiger partial charge in [0.25, 0.3) is 0 Å². The van der Waals surface area contributed by atoms with Gasteiger partial charge in [0.15, 0.2) is 0 Å². The molecule has 0 bridgehead atoms. The fourth-order valence-electron chi connectivity index (χ4n) is 4.79. The number of anilines is 1. The molecule has 0 aromatic heterocycles. The summed E-state index contributed by atoms with van der Waals surface area (Å²) in [5.74, 6) is 1.57. The second kappa shape index (κ2) is 10.7. The number of carbonyl (C=O) groups is 1. The Morgan fingerprint density at radius 2 is 1.33 bits per heavy atom. The molecule has 4 aromatic rings. The summed E-state index contributed by atoms with van der Waals surface area (Å²) < 4.78 is 13.0. The molecule has 36 heavy (non-hydrogen) atoms. The molecule has 0 spiro atoms. The number of aryl methyl sites for hydroxylation is 2. The second-order valence-electron chi connectivity index (χ2n) is 9.27. The van der Waals surface area contributed by atoms with Crippen molar-refractivity contribution in [2.45, 2.75) is 46.3 Å². The van der Waals surface area contributed by atoms with E-state index >= 15 is 0 Å². The van der Waals surface area contributed by atoms with E-state index in [4.69, 9.17) is 9.47 Å². The lowest BCUT2D eigenvalue weighted by Gasteiger charge is -2.21. The molecule has 0 saturated carbocycles. The third-order valence-electron chi connectivity index (χ3n) is 6.52. The molecule has 1 heterocycles. The van der Waals surface area contributed by atoms with Crippen LogP contribution in [0, 0.1) is 6.92 Å². The highest BCUT2D eigenvalue weighted by Gasteiger charge is 2.27. The third kappa shape index (κ3) is 5.13. The Balaban J connectivity index is 1.64. The lowest BCUT2D eigenvalue weighted by molar-refractivity contribution is -0.115. The van der Waals surface area contributed by atoms with Crippen LogP contribution in [0.25, 0.3) is 11.1 Å². The van der Waals surface area contributed by atoms with Gasteiger partial charge in [0.05, 0.1) is 12.0 Å². The molecule has 0 radical (unpaired) electrons. The summed E-state index contributed by atoms with van der Waals surface area (Å²) in [6.07, 6.45) is 2.29. The van der Waals surface area contributed by atoms with Crippen LogP contribution in [0.5, 0.6) is 11.5 Å². The van der Waals surface area contributed by atoms with Crippen molar-refractivity contribution in [2.75, 3.05) is 5.32 Å². The number of ether oxygens (including phenoxy) is 2. The molecule has 4 aromatic carbocycles. The van der Waals surface area contributed by atoms with E-state index < -0.39 is 0 Å². The first-order valence-corrected chi connectivity index (χ1v) is 12.6. The van der Waals surface area contributed by atoms with Crippen molar-refractivity contribution in [3.05, 3.63) is 113 Å². The van der Waals surface area contributed by atoms with E-state index in [9.17, 15) is 4.79 Å². The van der Waals surface area contributed by atoms with Crippen molar-refractivity contribution in [1.82, 2.24) is 0 Å². The SMILES string of the molecule is CCCc1cc(OCc2ccccc2)c(-c2c(C)ccc3c2CC(=O)N3)c(OCc2ccccc2)c1. The molecular formula is C32H31NO3. The van der Waals surface area contributed by atoms with E-state index in [-0.39, 0.29) is 5.91 Å². The van der Waals surface area contributed by atoms with Crippen LogP contribution in [0.3, 0.4) is 0 Å². The number of benzene rings is 4. The predicted octanol–water partition coefficient (Wildman–Crippen LogP) is 7.27. The van der Waals surface area contributed by atoms with Crippen molar-refractivity contribution < 1.29 is 14.3 Å². The van der Waals surface area contributed by atoms with E-state index in [2.05, 4.69) is 61.6 Å². The van der Waals surface area contributed by atoms with Crippen LogP contribution in [0.1, 0.15) is 41.2 Å². The highest BCUT2D eigenvalue weighted by molar-refractivity contribution is 6.03. The molecule has 5 rings (SSSR count). The van der Waals surface area contributed by atoms with Crippen molar-refractivity contribution >= 4 is 11.6 Å². The van der Waals surface area contributed by atoms with E-state index in [1.807, 2.05) is 42.5 Å². The van der Waals surface area contributed by atoms with Gasteiger partial charge in [0.1, 0.15) is 24.7 Å². The first kappa shape index (κ1) is 23.7. The minimum atomic E-state index is 0.0120. The Hall–Kier alpha value is -4.05. The lowest BCUT2D eigenvalue weighted by Crippen LogP contribution is -2.05. The molecule has 4 nitrogen and oxygen atoms in total. The van der Waals surface area contributed by atoms with Crippen LogP contribution in [0.4, 0.5) is 5.69 Å². The highest BCUT2D eigenvalue weighted by atomic mass is 16.5. The highest BCUT2D eigenvalue weighted by Crippen LogP contribution is 2.46. The summed E-state index contributed by atoms with van der Waals surface area (Å²) in [4.78, 5) is 12.4. The molecule has 1 aliphatic rings. The summed E-state index contributed by atoms with van der Waals surface area (Å²) in [6.45, 7) is 5.16. The zero-order valence-corrected chi connectivity index (χ0v) is 20.8. The number of amides is 1. The fourth-order valence-corrected chi connectivity index (χ4v) is 4.79. The van der Waals surface area contributed by atoms with Crippen molar-refractivity contribution in [1.29, 1.82) is 0 Å². The van der Waals surface area contributed by atoms with Crippen molar-refractivity contribution in [3.8, 4) is 22.6 Å². The monoisotopic (exact) mass is 477 g/mol. The minimum absolute atomic E-state index is 0.0120. The number of hydrogen-bond acceptors (Lipinski definition) is 3. The minimum Gasteiger partial charge on any atom is -0.488 e. The third-order valence-corrected chi connectivity index (χ3v) is 6.52. The van der Waals surface area contributed by atoms with Crippen LogP contribution in [0.15, 0.2) is 84.9 Å². The predicted molar refractivity (Wildman–Crippen MR) is 144 cm³/mol. The van der Waals surface area contributed by atoms with Crippen LogP contribution in [0.2, 0.25) is 0 Å². The average Bonchev–Trinajstić information content (AvgIpc) is 3.28. The van der Waals surface area contributed by atoms with Crippen LogP contribution >= 0.6 is 0 Å². The molecule has 0 atom stereocenters. The van der Waals surface area contributed by atoms with Crippen LogP contribution in [-0.4, -0.2) is 5.91 Å². The maximum Gasteiger partial charge on any atom is 0.228 e. The molecule has 0 aliphatic carbocycles. The smallest absolute Gasteiger partial charge is 0.228 e. The molecule has 0 fully saturated rings. The maximum absolute atomic E-state index is 12.4. The van der Waals surface area contributed by atoms with Crippen molar-refractivity contribution in [2.24, 2.45) is 0 Å². The first-order chi connectivity index (χ1) is 17.6. The standard InChI is InChI=1S/C32H31NO3/c1-3-10-25-17-28(35-20-23-11-6-4-7-12-23)32(29(18-25)36-21-24-13-8-5-9-14-24)31-22(2)15-16-27-26(31)19-30(34)33-27/h4-9,11-18H,3,10,19-21H2,1-2H3,(H,33,34). The number of hydrogen-bond donors (Lipinski definition) is 1. The molecule has 1 N–H and O–H groups in total. The lowest BCUT2D eigenvalue weighted by atomic mass is 9.90. The van der Waals surface area contributed by atoms with Crippen LogP contribution in [-0.2, 0) is 30.8 Å².